The Balaban J connectivity index is 0.00000112. The lowest BCUT2D eigenvalue weighted by atomic mass is 9.98. The van der Waals surface area contributed by atoms with Gasteiger partial charge in [0.25, 0.3) is 0 Å². The molecule has 0 unspecified atom stereocenters. The Hall–Kier alpha value is -2.34. The van der Waals surface area contributed by atoms with Gasteiger partial charge in [-0.05, 0) is 35.3 Å². The molecule has 122 valence electrons. The summed E-state index contributed by atoms with van der Waals surface area (Å²) < 4.78 is 0. The summed E-state index contributed by atoms with van der Waals surface area (Å²) in [7, 11) is 0. The molecule has 0 saturated carbocycles. The maximum Gasteiger partial charge on any atom is -0.0178 e. The van der Waals surface area contributed by atoms with Crippen molar-refractivity contribution in [3.05, 3.63) is 91.0 Å². The quantitative estimate of drug-likeness (QED) is 0.511. The Morgan fingerprint density at radius 1 is 0.826 bits per heavy atom. The lowest BCUT2D eigenvalue weighted by Crippen LogP contribution is -1.83. The van der Waals surface area contributed by atoms with Crippen LogP contribution in [0.4, 0.5) is 0 Å². The predicted molar refractivity (Wildman–Crippen MR) is 108 cm³/mol. The molecule has 0 aliphatic rings. The van der Waals surface area contributed by atoms with Crippen LogP contribution in [0.2, 0.25) is 0 Å². The summed E-state index contributed by atoms with van der Waals surface area (Å²) in [5.74, 6) is 0. The van der Waals surface area contributed by atoms with Crippen molar-refractivity contribution in [2.45, 2.75) is 34.6 Å². The van der Waals surface area contributed by atoms with Crippen LogP contribution in [0.5, 0.6) is 0 Å². The molecule has 0 aliphatic heterocycles. The molecule has 0 bridgehead atoms. The van der Waals surface area contributed by atoms with Gasteiger partial charge in [0, 0.05) is 0 Å². The fourth-order valence-electron chi connectivity index (χ4n) is 2.06. The third-order valence-electron chi connectivity index (χ3n) is 2.95. The largest absolute Gasteiger partial charge is 0.0990 e. The molecule has 0 spiro atoms. The Morgan fingerprint density at radius 2 is 1.43 bits per heavy atom. The first-order valence-corrected chi connectivity index (χ1v) is 8.46. The van der Waals surface area contributed by atoms with Crippen molar-refractivity contribution in [2.24, 2.45) is 0 Å². The van der Waals surface area contributed by atoms with Crippen LogP contribution in [-0.2, 0) is 0 Å². The average Bonchev–Trinajstić information content (AvgIpc) is 2.66. The number of hydrogen-bond donors (Lipinski definition) is 0. The van der Waals surface area contributed by atoms with E-state index in [1.807, 2.05) is 58.9 Å². The van der Waals surface area contributed by atoms with Crippen LogP contribution in [0.25, 0.3) is 16.7 Å². The second kappa shape index (κ2) is 13.3. The molecule has 0 aromatic heterocycles. The summed E-state index contributed by atoms with van der Waals surface area (Å²) in [5, 5.41) is 0. The molecule has 0 N–H and O–H groups in total. The first kappa shape index (κ1) is 20.7. The van der Waals surface area contributed by atoms with Gasteiger partial charge in [-0.1, -0.05) is 107 Å². The zero-order valence-electron chi connectivity index (χ0n) is 15.2. The minimum Gasteiger partial charge on any atom is -0.0990 e. The topological polar surface area (TPSA) is 0 Å². The summed E-state index contributed by atoms with van der Waals surface area (Å²) in [6.45, 7) is 13.8. The highest BCUT2D eigenvalue weighted by molar-refractivity contribution is 5.78. The maximum absolute atomic E-state index is 3.78. The van der Waals surface area contributed by atoms with E-state index in [1.165, 1.54) is 22.3 Å². The monoisotopic (exact) mass is 306 g/mol. The molecular weight excluding hydrogens is 276 g/mol. The second-order valence-electron chi connectivity index (χ2n) is 4.30. The van der Waals surface area contributed by atoms with Gasteiger partial charge in [0.15, 0.2) is 0 Å². The normalized spacial score (nSPS) is 10.2. The zero-order valence-corrected chi connectivity index (χ0v) is 15.2. The zero-order chi connectivity index (χ0) is 17.5. The van der Waals surface area contributed by atoms with Gasteiger partial charge in [-0.25, -0.2) is 0 Å². The van der Waals surface area contributed by atoms with Crippen LogP contribution < -0.4 is 0 Å². The fourth-order valence-corrected chi connectivity index (χ4v) is 2.06. The lowest BCUT2D eigenvalue weighted by molar-refractivity contribution is 1.50. The molecule has 2 aromatic carbocycles. The third-order valence-corrected chi connectivity index (χ3v) is 2.95. The number of allylic oxidation sites excluding steroid dienone is 5. The average molecular weight is 306 g/mol. The Morgan fingerprint density at radius 3 is 2.00 bits per heavy atom. The highest BCUT2D eigenvalue weighted by Crippen LogP contribution is 2.24. The summed E-state index contributed by atoms with van der Waals surface area (Å²) >= 11 is 0. The predicted octanol–water partition coefficient (Wildman–Crippen LogP) is 7.55. The first-order valence-electron chi connectivity index (χ1n) is 8.46. The maximum atomic E-state index is 3.78. The fraction of sp³-hybridized carbons (Fsp3) is 0.217. The molecule has 2 aromatic rings. The van der Waals surface area contributed by atoms with E-state index in [0.29, 0.717) is 0 Å². The summed E-state index contributed by atoms with van der Waals surface area (Å²) in [6.07, 6.45) is 8.00. The molecule has 0 amide bonds. The van der Waals surface area contributed by atoms with E-state index >= 15 is 0 Å². The van der Waals surface area contributed by atoms with Gasteiger partial charge in [-0.3, -0.25) is 0 Å². The molecule has 0 atom stereocenters. The first-order chi connectivity index (χ1) is 11.3. The van der Waals surface area contributed by atoms with Crippen molar-refractivity contribution in [1.29, 1.82) is 0 Å². The minimum atomic E-state index is 1.18. The molecule has 0 fully saturated rings. The van der Waals surface area contributed by atoms with Gasteiger partial charge >= 0.3 is 0 Å². The van der Waals surface area contributed by atoms with E-state index in [4.69, 9.17) is 0 Å². The van der Waals surface area contributed by atoms with E-state index in [0.717, 1.165) is 0 Å². The van der Waals surface area contributed by atoms with Gasteiger partial charge in [0.2, 0.25) is 0 Å². The van der Waals surface area contributed by atoms with Gasteiger partial charge in [-0.15, -0.1) is 0 Å². The molecule has 0 aliphatic carbocycles. The molecule has 0 radical (unpaired) electrons. The minimum absolute atomic E-state index is 1.18. The van der Waals surface area contributed by atoms with Gasteiger partial charge in [0.1, 0.15) is 0 Å². The Bertz CT molecular complexity index is 601. The van der Waals surface area contributed by atoms with Crippen LogP contribution in [0.1, 0.15) is 40.2 Å². The van der Waals surface area contributed by atoms with Gasteiger partial charge in [-0.2, -0.15) is 0 Å². The molecule has 23 heavy (non-hydrogen) atoms. The molecule has 0 heterocycles. The highest BCUT2D eigenvalue weighted by Gasteiger charge is 2.01. The lowest BCUT2D eigenvalue weighted by Gasteiger charge is -2.06. The van der Waals surface area contributed by atoms with E-state index in [2.05, 4.69) is 61.2 Å². The SMILES string of the molecule is C=C/C=C(\C=C/C)c1cccc(-c2ccccc2)c1.CC.CC. The van der Waals surface area contributed by atoms with Crippen molar-refractivity contribution >= 4 is 5.57 Å². The smallest absolute Gasteiger partial charge is 0.0178 e. The number of benzene rings is 2. The van der Waals surface area contributed by atoms with Crippen molar-refractivity contribution in [3.63, 3.8) is 0 Å². The molecule has 0 saturated heterocycles. The van der Waals surface area contributed by atoms with Crippen molar-refractivity contribution < 1.29 is 0 Å². The Labute approximate surface area is 142 Å². The second-order valence-corrected chi connectivity index (χ2v) is 4.30. The van der Waals surface area contributed by atoms with Crippen molar-refractivity contribution in [1.82, 2.24) is 0 Å². The highest BCUT2D eigenvalue weighted by atomic mass is 14.1. The molecule has 2 rings (SSSR count). The molecular formula is C23H30. The molecule has 0 heteroatoms. The van der Waals surface area contributed by atoms with Crippen LogP contribution in [0, 0.1) is 0 Å². The number of rotatable bonds is 4. The van der Waals surface area contributed by atoms with E-state index in [-0.39, 0.29) is 0 Å². The molecule has 0 nitrogen and oxygen atoms in total. The van der Waals surface area contributed by atoms with Crippen molar-refractivity contribution in [3.8, 4) is 11.1 Å². The van der Waals surface area contributed by atoms with E-state index in [9.17, 15) is 0 Å². The standard InChI is InChI=1S/C19H18.2C2H6/c1-3-9-16(10-4-2)18-13-8-14-19(15-18)17-11-6-5-7-12-17;2*1-2/h3-15H,1H2,2H3;2*1-2H3/b10-4-,16-9+;;. The van der Waals surface area contributed by atoms with Gasteiger partial charge < -0.3 is 0 Å². The van der Waals surface area contributed by atoms with Crippen LogP contribution in [-0.4, -0.2) is 0 Å². The van der Waals surface area contributed by atoms with Crippen LogP contribution >= 0.6 is 0 Å². The summed E-state index contributed by atoms with van der Waals surface area (Å²) in [6, 6.07) is 19.0. The summed E-state index contributed by atoms with van der Waals surface area (Å²) in [4.78, 5) is 0. The third kappa shape index (κ3) is 6.97. The van der Waals surface area contributed by atoms with E-state index < -0.39 is 0 Å². The van der Waals surface area contributed by atoms with Crippen LogP contribution in [0.15, 0.2) is 85.5 Å². The Kier molecular flexibility index (Phi) is 12.0. The van der Waals surface area contributed by atoms with E-state index in [1.54, 1.807) is 0 Å². The van der Waals surface area contributed by atoms with Crippen molar-refractivity contribution in [2.75, 3.05) is 0 Å². The number of hydrogen-bond acceptors (Lipinski definition) is 0. The summed E-state index contributed by atoms with van der Waals surface area (Å²) in [5.41, 5.74) is 4.86. The van der Waals surface area contributed by atoms with Gasteiger partial charge in [0.05, 0.1) is 0 Å². The van der Waals surface area contributed by atoms with Crippen LogP contribution in [0.3, 0.4) is 0 Å².